The van der Waals surface area contributed by atoms with Crippen LogP contribution in [0.1, 0.15) is 40.9 Å². The van der Waals surface area contributed by atoms with Gasteiger partial charge in [-0.2, -0.15) is 4.37 Å². The summed E-state index contributed by atoms with van der Waals surface area (Å²) >= 11 is 0.813. The van der Waals surface area contributed by atoms with Gasteiger partial charge in [0.15, 0.2) is 10.6 Å². The van der Waals surface area contributed by atoms with Crippen LogP contribution in [0.25, 0.3) is 0 Å². The summed E-state index contributed by atoms with van der Waals surface area (Å²) in [7, 11) is 1.23. The van der Waals surface area contributed by atoms with E-state index in [9.17, 15) is 9.59 Å². The first-order valence-corrected chi connectivity index (χ1v) is 5.60. The molecule has 0 atom stereocenters. The van der Waals surface area contributed by atoms with E-state index in [1.54, 1.807) is 20.8 Å². The van der Waals surface area contributed by atoms with Gasteiger partial charge in [-0.15, -0.1) is 0 Å². The van der Waals surface area contributed by atoms with Crippen molar-refractivity contribution in [2.45, 2.75) is 26.4 Å². The number of aromatic nitrogens is 1. The van der Waals surface area contributed by atoms with Gasteiger partial charge in [0.05, 0.1) is 12.8 Å². The highest BCUT2D eigenvalue weighted by atomic mass is 32.1. The van der Waals surface area contributed by atoms with Gasteiger partial charge in [0.1, 0.15) is 5.60 Å². The van der Waals surface area contributed by atoms with Crippen LogP contribution in [0.4, 0.5) is 5.69 Å². The van der Waals surface area contributed by atoms with Gasteiger partial charge in [0, 0.05) is 0 Å². The zero-order valence-electron chi connectivity index (χ0n) is 10.1. The highest BCUT2D eigenvalue weighted by Gasteiger charge is 2.26. The van der Waals surface area contributed by atoms with Gasteiger partial charge in [0.2, 0.25) is 0 Å². The molecular formula is C10H14N2O4S. The number of hydrogen-bond acceptors (Lipinski definition) is 7. The van der Waals surface area contributed by atoms with E-state index in [0.29, 0.717) is 0 Å². The minimum atomic E-state index is -0.651. The average Bonchev–Trinajstić information content (AvgIpc) is 2.56. The lowest BCUT2D eigenvalue weighted by molar-refractivity contribution is 0.00655. The van der Waals surface area contributed by atoms with Crippen molar-refractivity contribution >= 4 is 29.2 Å². The van der Waals surface area contributed by atoms with Gasteiger partial charge in [-0.25, -0.2) is 9.59 Å². The molecule has 0 aliphatic rings. The number of nitrogens with two attached hydrogens (primary N) is 1. The predicted molar refractivity (Wildman–Crippen MR) is 63.0 cm³/mol. The van der Waals surface area contributed by atoms with Crippen LogP contribution in [-0.4, -0.2) is 29.0 Å². The number of hydrogen-bond donors (Lipinski definition) is 1. The first-order valence-electron chi connectivity index (χ1n) is 4.83. The molecule has 0 saturated carbocycles. The lowest BCUT2D eigenvalue weighted by Gasteiger charge is -2.18. The molecule has 0 amide bonds. The molecule has 17 heavy (non-hydrogen) atoms. The summed E-state index contributed by atoms with van der Waals surface area (Å²) in [4.78, 5) is 23.1. The van der Waals surface area contributed by atoms with Crippen LogP contribution < -0.4 is 5.73 Å². The molecule has 2 N–H and O–H groups in total. The van der Waals surface area contributed by atoms with Crippen molar-refractivity contribution in [3.8, 4) is 0 Å². The molecular weight excluding hydrogens is 244 g/mol. The maximum Gasteiger partial charge on any atom is 0.360 e. The second kappa shape index (κ2) is 4.70. The third-order valence-electron chi connectivity index (χ3n) is 1.69. The summed E-state index contributed by atoms with van der Waals surface area (Å²) in [5.41, 5.74) is 4.95. The summed E-state index contributed by atoms with van der Waals surface area (Å²) in [6.07, 6.45) is 0. The Bertz CT molecular complexity index is 448. The SMILES string of the molecule is COC(=O)c1snc(C(=O)OC(C)(C)C)c1N. The van der Waals surface area contributed by atoms with Gasteiger partial charge in [-0.05, 0) is 32.3 Å². The maximum absolute atomic E-state index is 11.7. The Morgan fingerprint density at radius 2 is 1.88 bits per heavy atom. The van der Waals surface area contributed by atoms with Crippen molar-refractivity contribution in [3.63, 3.8) is 0 Å². The molecule has 0 radical (unpaired) electrons. The lowest BCUT2D eigenvalue weighted by Crippen LogP contribution is -2.24. The standard InChI is InChI=1S/C10H14N2O4S/c1-10(2,3)16-8(13)6-5(11)7(17-12-6)9(14)15-4/h11H2,1-4H3. The number of ether oxygens (including phenoxy) is 2. The molecule has 0 saturated heterocycles. The van der Waals surface area contributed by atoms with Crippen molar-refractivity contribution in [1.29, 1.82) is 0 Å². The summed E-state index contributed by atoms with van der Waals surface area (Å²) in [6, 6.07) is 0. The quantitative estimate of drug-likeness (QED) is 0.807. The fourth-order valence-corrected chi connectivity index (χ4v) is 1.72. The van der Waals surface area contributed by atoms with E-state index in [-0.39, 0.29) is 16.3 Å². The Hall–Kier alpha value is -1.63. The van der Waals surface area contributed by atoms with Gasteiger partial charge in [0.25, 0.3) is 0 Å². The highest BCUT2D eigenvalue weighted by Crippen LogP contribution is 2.24. The van der Waals surface area contributed by atoms with Crippen molar-refractivity contribution in [3.05, 3.63) is 10.6 Å². The van der Waals surface area contributed by atoms with Crippen LogP contribution in [-0.2, 0) is 9.47 Å². The number of carbonyl (C=O) groups excluding carboxylic acids is 2. The minimum absolute atomic E-state index is 0.00361. The summed E-state index contributed by atoms with van der Waals surface area (Å²) < 4.78 is 13.4. The van der Waals surface area contributed by atoms with Crippen molar-refractivity contribution < 1.29 is 19.1 Å². The van der Waals surface area contributed by atoms with E-state index >= 15 is 0 Å². The van der Waals surface area contributed by atoms with Gasteiger partial charge >= 0.3 is 11.9 Å². The smallest absolute Gasteiger partial charge is 0.360 e. The molecule has 0 fully saturated rings. The molecule has 6 nitrogen and oxygen atoms in total. The number of methoxy groups -OCH3 is 1. The highest BCUT2D eigenvalue weighted by molar-refractivity contribution is 7.08. The largest absolute Gasteiger partial charge is 0.465 e. The van der Waals surface area contributed by atoms with E-state index in [1.807, 2.05) is 0 Å². The van der Waals surface area contributed by atoms with E-state index in [1.165, 1.54) is 7.11 Å². The topological polar surface area (TPSA) is 91.5 Å². The van der Waals surface area contributed by atoms with Crippen LogP contribution in [0.5, 0.6) is 0 Å². The Kier molecular flexibility index (Phi) is 3.72. The maximum atomic E-state index is 11.7. The van der Waals surface area contributed by atoms with E-state index in [2.05, 4.69) is 9.11 Å². The third-order valence-corrected chi connectivity index (χ3v) is 2.53. The predicted octanol–water partition coefficient (Wildman–Crippen LogP) is 1.47. The molecule has 0 aromatic carbocycles. The molecule has 0 spiro atoms. The summed E-state index contributed by atoms with van der Waals surface area (Å²) in [5, 5.41) is 0. The third kappa shape index (κ3) is 3.16. The Labute approximate surface area is 103 Å². The number of esters is 2. The summed E-state index contributed by atoms with van der Waals surface area (Å²) in [5.74, 6) is -1.27. The van der Waals surface area contributed by atoms with Crippen molar-refractivity contribution in [2.24, 2.45) is 0 Å². The molecule has 1 aromatic heterocycles. The van der Waals surface area contributed by atoms with Crippen LogP contribution in [0.2, 0.25) is 0 Å². The zero-order valence-corrected chi connectivity index (χ0v) is 10.9. The summed E-state index contributed by atoms with van der Waals surface area (Å²) in [6.45, 7) is 5.19. The number of nitrogens with zero attached hydrogens (tertiary/aromatic N) is 1. The normalized spacial score (nSPS) is 11.1. The van der Waals surface area contributed by atoms with Crippen LogP contribution >= 0.6 is 11.5 Å². The number of nitrogen functional groups attached to an aromatic ring is 1. The van der Waals surface area contributed by atoms with E-state index in [4.69, 9.17) is 10.5 Å². The fraction of sp³-hybridized carbons (Fsp3) is 0.500. The molecule has 94 valence electrons. The fourth-order valence-electron chi connectivity index (χ4n) is 1.01. The first-order chi connectivity index (χ1) is 7.76. The van der Waals surface area contributed by atoms with E-state index < -0.39 is 17.5 Å². The molecule has 1 rings (SSSR count). The van der Waals surface area contributed by atoms with Crippen molar-refractivity contribution in [2.75, 3.05) is 12.8 Å². The Balaban J connectivity index is 2.97. The molecule has 0 aliphatic heterocycles. The van der Waals surface area contributed by atoms with Crippen LogP contribution in [0.3, 0.4) is 0 Å². The average molecular weight is 258 g/mol. The molecule has 0 aliphatic carbocycles. The zero-order chi connectivity index (χ0) is 13.2. The molecule has 0 unspecified atom stereocenters. The second-order valence-corrected chi connectivity index (χ2v) is 5.04. The Morgan fingerprint density at radius 1 is 1.29 bits per heavy atom. The van der Waals surface area contributed by atoms with Gasteiger partial charge in [-0.1, -0.05) is 0 Å². The van der Waals surface area contributed by atoms with E-state index in [0.717, 1.165) is 11.5 Å². The number of rotatable bonds is 2. The molecule has 0 bridgehead atoms. The monoisotopic (exact) mass is 258 g/mol. The molecule has 1 heterocycles. The molecule has 1 aromatic rings. The first kappa shape index (κ1) is 13.4. The lowest BCUT2D eigenvalue weighted by atomic mass is 10.2. The van der Waals surface area contributed by atoms with Crippen LogP contribution in [0.15, 0.2) is 0 Å². The van der Waals surface area contributed by atoms with Gasteiger partial charge < -0.3 is 15.2 Å². The van der Waals surface area contributed by atoms with Crippen molar-refractivity contribution in [1.82, 2.24) is 4.37 Å². The number of carbonyl (C=O) groups is 2. The second-order valence-electron chi connectivity index (χ2n) is 4.27. The Morgan fingerprint density at radius 3 is 2.35 bits per heavy atom. The minimum Gasteiger partial charge on any atom is -0.465 e. The number of anilines is 1. The van der Waals surface area contributed by atoms with Gasteiger partial charge in [-0.3, -0.25) is 0 Å². The van der Waals surface area contributed by atoms with Crippen LogP contribution in [0, 0.1) is 0 Å². The molecule has 7 heteroatoms.